The Morgan fingerprint density at radius 2 is 2.14 bits per heavy atom. The first-order valence-electron chi connectivity index (χ1n) is 8.96. The Morgan fingerprint density at radius 1 is 1.25 bits per heavy atom. The normalized spacial score (nSPS) is 13.9. The maximum absolute atomic E-state index is 12.5. The van der Waals surface area contributed by atoms with E-state index in [1.54, 1.807) is 28.0 Å². The van der Waals surface area contributed by atoms with Gasteiger partial charge in [0.05, 0.1) is 17.8 Å². The average molecular weight is 430 g/mol. The number of thioether (sulfide) groups is 1. The fraction of sp³-hybridized carbons (Fsp3) is 0.250. The van der Waals surface area contributed by atoms with E-state index in [0.29, 0.717) is 23.8 Å². The lowest BCUT2D eigenvalue weighted by Crippen LogP contribution is -2.23. The molecule has 0 saturated carbocycles. The van der Waals surface area contributed by atoms with Crippen molar-refractivity contribution in [1.29, 1.82) is 0 Å². The van der Waals surface area contributed by atoms with Crippen molar-refractivity contribution in [2.24, 2.45) is 0 Å². The highest BCUT2D eigenvalue weighted by Crippen LogP contribution is 2.31. The number of carbonyl (C=O) groups is 2. The van der Waals surface area contributed by atoms with Crippen molar-refractivity contribution in [1.82, 2.24) is 4.98 Å². The molecule has 3 aromatic rings. The Hall–Kier alpha value is -2.16. The summed E-state index contributed by atoms with van der Waals surface area (Å²) in [6, 6.07) is 9.95. The summed E-state index contributed by atoms with van der Waals surface area (Å²) < 4.78 is 0. The zero-order valence-electron chi connectivity index (χ0n) is 15.1. The number of benzene rings is 1. The summed E-state index contributed by atoms with van der Waals surface area (Å²) in [5.41, 5.74) is 2.79. The molecule has 0 radical (unpaired) electrons. The van der Waals surface area contributed by atoms with Gasteiger partial charge >= 0.3 is 0 Å². The minimum atomic E-state index is -0.104. The molecule has 4 rings (SSSR count). The van der Waals surface area contributed by atoms with Crippen LogP contribution in [-0.2, 0) is 21.8 Å². The van der Waals surface area contributed by atoms with Gasteiger partial charge in [0, 0.05) is 29.0 Å². The van der Waals surface area contributed by atoms with Gasteiger partial charge in [-0.15, -0.1) is 23.1 Å². The molecule has 1 aliphatic rings. The number of hydrogen-bond acceptors (Lipinski definition) is 6. The third-order valence-corrected chi connectivity index (χ3v) is 7.11. The van der Waals surface area contributed by atoms with Crippen LogP contribution in [0.1, 0.15) is 24.1 Å². The van der Waals surface area contributed by atoms with Crippen LogP contribution in [0.15, 0.2) is 51.4 Å². The van der Waals surface area contributed by atoms with Crippen molar-refractivity contribution in [3.05, 3.63) is 57.7 Å². The second-order valence-electron chi connectivity index (χ2n) is 6.41. The van der Waals surface area contributed by atoms with Crippen LogP contribution in [0.2, 0.25) is 0 Å². The highest BCUT2D eigenvalue weighted by Gasteiger charge is 2.24. The molecule has 3 heterocycles. The number of nitrogens with one attached hydrogen (secondary N) is 1. The molecule has 0 atom stereocenters. The van der Waals surface area contributed by atoms with Crippen LogP contribution < -0.4 is 10.2 Å². The molecule has 144 valence electrons. The Kier molecular flexibility index (Phi) is 6.09. The molecule has 2 amide bonds. The standard InChI is InChI=1S/C20H19N3O2S3/c24-18(10-15-13-28-20(21-15)23-8-3-6-19(23)25)22-16-4-1-2-5-17(16)27-12-14-7-9-26-11-14/h1-2,4-5,7,9,11,13H,3,6,8,10,12H2,(H,22,24). The molecule has 0 bridgehead atoms. The minimum absolute atomic E-state index is 0.104. The van der Waals surface area contributed by atoms with E-state index in [9.17, 15) is 9.59 Å². The van der Waals surface area contributed by atoms with Gasteiger partial charge in [-0.25, -0.2) is 4.98 Å². The van der Waals surface area contributed by atoms with Gasteiger partial charge < -0.3 is 5.32 Å². The van der Waals surface area contributed by atoms with Crippen LogP contribution in [0.5, 0.6) is 0 Å². The number of amides is 2. The molecule has 0 unspecified atom stereocenters. The van der Waals surface area contributed by atoms with Crippen LogP contribution in [0.3, 0.4) is 0 Å². The predicted molar refractivity (Wildman–Crippen MR) is 116 cm³/mol. The minimum Gasteiger partial charge on any atom is -0.325 e. The summed E-state index contributed by atoms with van der Waals surface area (Å²) >= 11 is 4.82. The number of hydrogen-bond donors (Lipinski definition) is 1. The topological polar surface area (TPSA) is 62.3 Å². The van der Waals surface area contributed by atoms with Gasteiger partial charge in [-0.2, -0.15) is 11.3 Å². The molecular formula is C20H19N3O2S3. The molecular weight excluding hydrogens is 410 g/mol. The van der Waals surface area contributed by atoms with Crippen LogP contribution in [0, 0.1) is 0 Å². The number of aromatic nitrogens is 1. The van der Waals surface area contributed by atoms with Crippen molar-refractivity contribution in [3.63, 3.8) is 0 Å². The van der Waals surface area contributed by atoms with E-state index in [1.807, 2.05) is 29.6 Å². The highest BCUT2D eigenvalue weighted by molar-refractivity contribution is 7.98. The number of carbonyl (C=O) groups excluding carboxylic acids is 2. The quantitative estimate of drug-likeness (QED) is 0.548. The van der Waals surface area contributed by atoms with Gasteiger partial charge in [0.15, 0.2) is 5.13 Å². The number of thiazole rings is 1. The maximum atomic E-state index is 12.5. The van der Waals surface area contributed by atoms with E-state index >= 15 is 0 Å². The lowest BCUT2D eigenvalue weighted by atomic mass is 10.3. The summed E-state index contributed by atoms with van der Waals surface area (Å²) in [6.45, 7) is 0.715. The van der Waals surface area contributed by atoms with Gasteiger partial charge in [0.1, 0.15) is 0 Å². The van der Waals surface area contributed by atoms with Crippen LogP contribution in [0.4, 0.5) is 10.8 Å². The fourth-order valence-corrected chi connectivity index (χ4v) is 5.54. The molecule has 1 N–H and O–H groups in total. The Bertz CT molecular complexity index is 969. The smallest absolute Gasteiger partial charge is 0.230 e. The summed E-state index contributed by atoms with van der Waals surface area (Å²) in [4.78, 5) is 31.6. The number of thiophene rings is 1. The largest absolute Gasteiger partial charge is 0.325 e. The van der Waals surface area contributed by atoms with Crippen LogP contribution >= 0.6 is 34.4 Å². The van der Waals surface area contributed by atoms with E-state index in [1.165, 1.54) is 16.9 Å². The van der Waals surface area contributed by atoms with Gasteiger partial charge in [-0.1, -0.05) is 12.1 Å². The van der Waals surface area contributed by atoms with E-state index in [0.717, 1.165) is 22.8 Å². The Morgan fingerprint density at radius 3 is 2.93 bits per heavy atom. The van der Waals surface area contributed by atoms with E-state index < -0.39 is 0 Å². The molecule has 1 saturated heterocycles. The zero-order valence-corrected chi connectivity index (χ0v) is 17.5. The molecule has 0 spiro atoms. The number of rotatable bonds is 7. The zero-order chi connectivity index (χ0) is 19.3. The first-order valence-corrected chi connectivity index (χ1v) is 11.8. The van der Waals surface area contributed by atoms with Gasteiger partial charge in [0.2, 0.25) is 11.8 Å². The number of anilines is 2. The average Bonchev–Trinajstić information content (AvgIpc) is 3.43. The fourth-order valence-electron chi connectivity index (χ4n) is 2.94. The number of nitrogens with zero attached hydrogens (tertiary/aromatic N) is 2. The molecule has 2 aromatic heterocycles. The van der Waals surface area contributed by atoms with Crippen molar-refractivity contribution >= 4 is 57.1 Å². The Labute approximate surface area is 175 Å². The second kappa shape index (κ2) is 8.89. The van der Waals surface area contributed by atoms with Crippen LogP contribution in [-0.4, -0.2) is 23.3 Å². The van der Waals surface area contributed by atoms with Gasteiger partial charge in [-0.05, 0) is 40.9 Å². The first kappa shape index (κ1) is 19.2. The molecule has 28 heavy (non-hydrogen) atoms. The highest BCUT2D eigenvalue weighted by atomic mass is 32.2. The Balaban J connectivity index is 1.37. The summed E-state index contributed by atoms with van der Waals surface area (Å²) in [6.07, 6.45) is 1.64. The van der Waals surface area contributed by atoms with Gasteiger partial charge in [0.25, 0.3) is 0 Å². The monoisotopic (exact) mass is 429 g/mol. The molecule has 1 fully saturated rings. The molecule has 1 aliphatic heterocycles. The third-order valence-electron chi connectivity index (χ3n) is 4.32. The summed E-state index contributed by atoms with van der Waals surface area (Å²) in [5.74, 6) is 0.880. The third kappa shape index (κ3) is 4.63. The molecule has 1 aromatic carbocycles. The van der Waals surface area contributed by atoms with Crippen molar-refractivity contribution in [2.75, 3.05) is 16.8 Å². The SMILES string of the molecule is O=C(Cc1csc(N2CCCC2=O)n1)Nc1ccccc1SCc1ccsc1. The van der Waals surface area contributed by atoms with Gasteiger partial charge in [-0.3, -0.25) is 14.5 Å². The first-order chi connectivity index (χ1) is 13.7. The second-order valence-corrected chi connectivity index (χ2v) is 9.05. The summed E-state index contributed by atoms with van der Waals surface area (Å²) in [7, 11) is 0. The maximum Gasteiger partial charge on any atom is 0.230 e. The lowest BCUT2D eigenvalue weighted by Gasteiger charge is -2.11. The predicted octanol–water partition coefficient (Wildman–Crippen LogP) is 4.80. The number of para-hydroxylation sites is 1. The van der Waals surface area contributed by atoms with E-state index in [-0.39, 0.29) is 18.2 Å². The lowest BCUT2D eigenvalue weighted by molar-refractivity contribution is -0.117. The molecule has 5 nitrogen and oxygen atoms in total. The van der Waals surface area contributed by atoms with Crippen molar-refractivity contribution < 1.29 is 9.59 Å². The molecule has 0 aliphatic carbocycles. The molecule has 8 heteroatoms. The van der Waals surface area contributed by atoms with E-state index in [4.69, 9.17) is 0 Å². The van der Waals surface area contributed by atoms with Crippen LogP contribution in [0.25, 0.3) is 0 Å². The van der Waals surface area contributed by atoms with Crippen molar-refractivity contribution in [3.8, 4) is 0 Å². The van der Waals surface area contributed by atoms with E-state index in [2.05, 4.69) is 27.1 Å². The van der Waals surface area contributed by atoms with Crippen molar-refractivity contribution in [2.45, 2.75) is 29.9 Å². The summed E-state index contributed by atoms with van der Waals surface area (Å²) in [5, 5.41) is 9.76.